The molecule has 0 aliphatic heterocycles. The van der Waals surface area contributed by atoms with Crippen molar-refractivity contribution in [3.8, 4) is 0 Å². The van der Waals surface area contributed by atoms with Crippen LogP contribution in [0.3, 0.4) is 0 Å². The first-order valence-electron chi connectivity index (χ1n) is 5.91. The van der Waals surface area contributed by atoms with E-state index in [9.17, 15) is 0 Å². The maximum Gasteiger partial charge on any atom is 0.110 e. The first-order chi connectivity index (χ1) is 8.74. The molecular formula is C13H15N5. The molecule has 1 aromatic carbocycles. The van der Waals surface area contributed by atoms with Gasteiger partial charge in [0.2, 0.25) is 0 Å². The summed E-state index contributed by atoms with van der Waals surface area (Å²) >= 11 is 0. The second-order valence-electron chi connectivity index (χ2n) is 4.39. The molecule has 0 unspecified atom stereocenters. The van der Waals surface area contributed by atoms with Gasteiger partial charge in [-0.15, -0.1) is 0 Å². The molecule has 0 fully saturated rings. The zero-order valence-corrected chi connectivity index (χ0v) is 10.2. The van der Waals surface area contributed by atoms with Crippen molar-refractivity contribution in [2.75, 3.05) is 5.73 Å². The predicted molar refractivity (Wildman–Crippen MR) is 71.1 cm³/mol. The monoisotopic (exact) mass is 241 g/mol. The number of benzene rings is 1. The van der Waals surface area contributed by atoms with Gasteiger partial charge in [0, 0.05) is 43.5 Å². The highest BCUT2D eigenvalue weighted by Crippen LogP contribution is 2.17. The SMILES string of the molecule is Cn1ccnc1CCn1ncc2ccc(N)cc21. The summed E-state index contributed by atoms with van der Waals surface area (Å²) in [7, 11) is 2.00. The molecule has 0 aliphatic carbocycles. The number of nitrogens with two attached hydrogens (primary N) is 1. The van der Waals surface area contributed by atoms with Gasteiger partial charge in [-0.3, -0.25) is 4.68 Å². The maximum atomic E-state index is 5.81. The third kappa shape index (κ3) is 1.84. The third-order valence-corrected chi connectivity index (χ3v) is 3.14. The summed E-state index contributed by atoms with van der Waals surface area (Å²) in [6.07, 6.45) is 6.49. The summed E-state index contributed by atoms with van der Waals surface area (Å²) < 4.78 is 4.00. The fourth-order valence-electron chi connectivity index (χ4n) is 2.11. The summed E-state index contributed by atoms with van der Waals surface area (Å²) in [4.78, 5) is 4.31. The quantitative estimate of drug-likeness (QED) is 0.708. The Labute approximate surface area is 105 Å². The molecule has 3 aromatic rings. The van der Waals surface area contributed by atoms with Crippen LogP contribution in [-0.4, -0.2) is 19.3 Å². The lowest BCUT2D eigenvalue weighted by molar-refractivity contribution is 0.606. The molecule has 2 heterocycles. The Hall–Kier alpha value is -2.30. The van der Waals surface area contributed by atoms with Crippen molar-refractivity contribution in [2.45, 2.75) is 13.0 Å². The van der Waals surface area contributed by atoms with Crippen LogP contribution in [0.15, 0.2) is 36.8 Å². The van der Waals surface area contributed by atoms with Crippen LogP contribution in [-0.2, 0) is 20.0 Å². The molecule has 0 spiro atoms. The molecule has 3 rings (SSSR count). The van der Waals surface area contributed by atoms with E-state index in [-0.39, 0.29) is 0 Å². The van der Waals surface area contributed by atoms with E-state index in [1.165, 1.54) is 0 Å². The number of hydrogen-bond donors (Lipinski definition) is 1. The van der Waals surface area contributed by atoms with Crippen LogP contribution in [0, 0.1) is 0 Å². The van der Waals surface area contributed by atoms with Crippen molar-refractivity contribution in [3.63, 3.8) is 0 Å². The molecule has 0 aliphatic rings. The van der Waals surface area contributed by atoms with Gasteiger partial charge in [-0.1, -0.05) is 0 Å². The second-order valence-corrected chi connectivity index (χ2v) is 4.39. The number of nitrogens with zero attached hydrogens (tertiary/aromatic N) is 4. The standard InChI is InChI=1S/C13H15N5/c1-17-7-5-15-13(17)4-6-18-12-8-11(14)3-2-10(12)9-16-18/h2-3,5,7-9H,4,6,14H2,1H3. The Morgan fingerprint density at radius 3 is 3.00 bits per heavy atom. The highest BCUT2D eigenvalue weighted by Gasteiger charge is 2.05. The van der Waals surface area contributed by atoms with Crippen molar-refractivity contribution in [1.82, 2.24) is 19.3 Å². The molecule has 92 valence electrons. The van der Waals surface area contributed by atoms with E-state index in [0.29, 0.717) is 0 Å². The molecule has 5 nitrogen and oxygen atoms in total. The average molecular weight is 241 g/mol. The minimum atomic E-state index is 0.765. The summed E-state index contributed by atoms with van der Waals surface area (Å²) in [6, 6.07) is 5.85. The topological polar surface area (TPSA) is 61.7 Å². The van der Waals surface area contributed by atoms with Gasteiger partial charge >= 0.3 is 0 Å². The van der Waals surface area contributed by atoms with Crippen LogP contribution < -0.4 is 5.73 Å². The summed E-state index contributed by atoms with van der Waals surface area (Å²) in [5, 5.41) is 5.50. The molecule has 0 saturated heterocycles. The van der Waals surface area contributed by atoms with Crippen molar-refractivity contribution in [2.24, 2.45) is 7.05 Å². The third-order valence-electron chi connectivity index (χ3n) is 3.14. The van der Waals surface area contributed by atoms with E-state index in [1.54, 1.807) is 0 Å². The van der Waals surface area contributed by atoms with E-state index < -0.39 is 0 Å². The van der Waals surface area contributed by atoms with Crippen LogP contribution >= 0.6 is 0 Å². The number of aryl methyl sites for hydroxylation is 3. The zero-order chi connectivity index (χ0) is 12.5. The van der Waals surface area contributed by atoms with Crippen molar-refractivity contribution >= 4 is 16.6 Å². The fourth-order valence-corrected chi connectivity index (χ4v) is 2.11. The van der Waals surface area contributed by atoms with Crippen LogP contribution in [0.25, 0.3) is 10.9 Å². The van der Waals surface area contributed by atoms with Crippen molar-refractivity contribution < 1.29 is 0 Å². The normalized spacial score (nSPS) is 11.2. The lowest BCUT2D eigenvalue weighted by Gasteiger charge is -2.04. The number of imidazole rings is 1. The van der Waals surface area contributed by atoms with E-state index in [4.69, 9.17) is 5.73 Å². The smallest absolute Gasteiger partial charge is 0.110 e. The highest BCUT2D eigenvalue weighted by molar-refractivity contribution is 5.81. The van der Waals surface area contributed by atoms with E-state index in [1.807, 2.05) is 53.1 Å². The Morgan fingerprint density at radius 2 is 2.22 bits per heavy atom. The number of anilines is 1. The number of hydrogen-bond acceptors (Lipinski definition) is 3. The molecule has 5 heteroatoms. The largest absolute Gasteiger partial charge is 0.399 e. The summed E-state index contributed by atoms with van der Waals surface area (Å²) in [5.41, 5.74) is 7.65. The Balaban J connectivity index is 1.87. The van der Waals surface area contributed by atoms with Crippen LogP contribution in [0.4, 0.5) is 5.69 Å². The van der Waals surface area contributed by atoms with Gasteiger partial charge in [-0.25, -0.2) is 4.98 Å². The molecule has 18 heavy (non-hydrogen) atoms. The average Bonchev–Trinajstić information content (AvgIpc) is 2.93. The zero-order valence-electron chi connectivity index (χ0n) is 10.2. The minimum absolute atomic E-state index is 0.765. The molecule has 0 amide bonds. The number of aromatic nitrogens is 4. The number of rotatable bonds is 3. The molecule has 0 saturated carbocycles. The van der Waals surface area contributed by atoms with Gasteiger partial charge < -0.3 is 10.3 Å². The van der Waals surface area contributed by atoms with Gasteiger partial charge in [0.15, 0.2) is 0 Å². The van der Waals surface area contributed by atoms with Crippen molar-refractivity contribution in [3.05, 3.63) is 42.6 Å². The first kappa shape index (κ1) is 10.8. The summed E-state index contributed by atoms with van der Waals surface area (Å²) in [5.74, 6) is 1.06. The van der Waals surface area contributed by atoms with Crippen LogP contribution in [0.1, 0.15) is 5.82 Å². The molecule has 0 radical (unpaired) electrons. The molecule has 2 aromatic heterocycles. The highest BCUT2D eigenvalue weighted by atomic mass is 15.3. The lowest BCUT2D eigenvalue weighted by Crippen LogP contribution is -2.06. The predicted octanol–water partition coefficient (Wildman–Crippen LogP) is 1.59. The van der Waals surface area contributed by atoms with Crippen LogP contribution in [0.5, 0.6) is 0 Å². The Bertz CT molecular complexity index is 680. The Kier molecular flexibility index (Phi) is 2.51. The van der Waals surface area contributed by atoms with E-state index >= 15 is 0 Å². The van der Waals surface area contributed by atoms with Crippen molar-refractivity contribution in [1.29, 1.82) is 0 Å². The molecular weight excluding hydrogens is 226 g/mol. The summed E-state index contributed by atoms with van der Waals surface area (Å²) in [6.45, 7) is 0.803. The molecule has 0 atom stereocenters. The van der Waals surface area contributed by atoms with Gasteiger partial charge in [0.1, 0.15) is 5.82 Å². The fraction of sp³-hybridized carbons (Fsp3) is 0.231. The number of fused-ring (bicyclic) bond motifs is 1. The van der Waals surface area contributed by atoms with E-state index in [0.717, 1.165) is 35.4 Å². The van der Waals surface area contributed by atoms with Gasteiger partial charge in [-0.05, 0) is 18.2 Å². The van der Waals surface area contributed by atoms with Gasteiger partial charge in [0.05, 0.1) is 11.7 Å². The molecule has 2 N–H and O–H groups in total. The van der Waals surface area contributed by atoms with Gasteiger partial charge in [-0.2, -0.15) is 5.10 Å². The Morgan fingerprint density at radius 1 is 1.33 bits per heavy atom. The first-order valence-corrected chi connectivity index (χ1v) is 5.91. The minimum Gasteiger partial charge on any atom is -0.399 e. The van der Waals surface area contributed by atoms with E-state index in [2.05, 4.69) is 10.1 Å². The van der Waals surface area contributed by atoms with Crippen LogP contribution in [0.2, 0.25) is 0 Å². The second kappa shape index (κ2) is 4.18. The maximum absolute atomic E-state index is 5.81. The number of nitrogen functional groups attached to an aromatic ring is 1. The molecule has 0 bridgehead atoms. The van der Waals surface area contributed by atoms with Gasteiger partial charge in [0.25, 0.3) is 0 Å². The lowest BCUT2D eigenvalue weighted by atomic mass is 10.2.